The second-order valence-electron chi connectivity index (χ2n) is 5.42. The highest BCUT2D eigenvalue weighted by Gasteiger charge is 2.00. The Labute approximate surface area is 119 Å². The number of hydrogen-bond acceptors (Lipinski definition) is 2. The highest BCUT2D eigenvalue weighted by Crippen LogP contribution is 2.18. The summed E-state index contributed by atoms with van der Waals surface area (Å²) in [5.41, 5.74) is 4.86. The number of H-pyrrole nitrogens is 1. The number of nitrogens with one attached hydrogen (secondary N) is 2. The first-order valence-electron chi connectivity index (χ1n) is 6.98. The third kappa shape index (κ3) is 2.67. The smallest absolute Gasteiger partial charge is 0.0651 e. The minimum Gasteiger partial charge on any atom is -0.381 e. The van der Waals surface area contributed by atoms with E-state index in [-0.39, 0.29) is 0 Å². The number of anilines is 1. The van der Waals surface area contributed by atoms with Gasteiger partial charge in [-0.15, -0.1) is 0 Å². The molecule has 3 heteroatoms. The molecule has 102 valence electrons. The molecule has 0 aliphatic rings. The van der Waals surface area contributed by atoms with Gasteiger partial charge in [0.15, 0.2) is 0 Å². The van der Waals surface area contributed by atoms with Crippen molar-refractivity contribution in [3.8, 4) is 0 Å². The van der Waals surface area contributed by atoms with E-state index < -0.39 is 0 Å². The lowest BCUT2D eigenvalue weighted by molar-refractivity contribution is 0.865. The summed E-state index contributed by atoms with van der Waals surface area (Å²) >= 11 is 0. The first-order valence-corrected chi connectivity index (χ1v) is 6.98. The van der Waals surface area contributed by atoms with Crippen LogP contribution in [0, 0.1) is 0 Å². The van der Waals surface area contributed by atoms with Crippen molar-refractivity contribution in [1.29, 1.82) is 0 Å². The highest BCUT2D eigenvalue weighted by atomic mass is 15.1. The van der Waals surface area contributed by atoms with Crippen molar-refractivity contribution in [1.82, 2.24) is 10.2 Å². The van der Waals surface area contributed by atoms with Gasteiger partial charge in [-0.25, -0.2) is 0 Å². The van der Waals surface area contributed by atoms with Gasteiger partial charge in [0.05, 0.1) is 11.7 Å². The molecule has 0 radical (unpaired) electrons. The third-order valence-corrected chi connectivity index (χ3v) is 3.58. The lowest BCUT2D eigenvalue weighted by atomic mass is 10.0. The summed E-state index contributed by atoms with van der Waals surface area (Å²) in [5, 5.41) is 11.6. The predicted molar refractivity (Wildman–Crippen MR) is 84.0 cm³/mol. The van der Waals surface area contributed by atoms with Gasteiger partial charge in [0.25, 0.3) is 0 Å². The molecule has 1 aromatic heterocycles. The largest absolute Gasteiger partial charge is 0.381 e. The molecule has 0 saturated carbocycles. The molecule has 0 saturated heterocycles. The molecule has 3 rings (SSSR count). The van der Waals surface area contributed by atoms with Crippen LogP contribution in [-0.4, -0.2) is 10.2 Å². The van der Waals surface area contributed by atoms with Crippen molar-refractivity contribution in [2.24, 2.45) is 0 Å². The van der Waals surface area contributed by atoms with Crippen LogP contribution < -0.4 is 5.32 Å². The molecule has 0 unspecified atom stereocenters. The van der Waals surface area contributed by atoms with E-state index >= 15 is 0 Å². The van der Waals surface area contributed by atoms with Gasteiger partial charge in [0.1, 0.15) is 0 Å². The molecule has 0 aliphatic heterocycles. The molecule has 1 heterocycles. The van der Waals surface area contributed by atoms with Crippen LogP contribution in [0.5, 0.6) is 0 Å². The van der Waals surface area contributed by atoms with E-state index in [9.17, 15) is 0 Å². The van der Waals surface area contributed by atoms with Crippen LogP contribution in [0.2, 0.25) is 0 Å². The van der Waals surface area contributed by atoms with Crippen LogP contribution in [-0.2, 0) is 6.54 Å². The normalized spacial score (nSPS) is 11.2. The fraction of sp³-hybridized carbons (Fsp3) is 0.235. The number of hydrogen-bond donors (Lipinski definition) is 2. The predicted octanol–water partition coefficient (Wildman–Crippen LogP) is 4.30. The van der Waals surface area contributed by atoms with Crippen molar-refractivity contribution in [3.63, 3.8) is 0 Å². The molecule has 20 heavy (non-hydrogen) atoms. The number of nitrogens with zero attached hydrogens (tertiary/aromatic N) is 1. The molecule has 0 fully saturated rings. The second-order valence-corrected chi connectivity index (χ2v) is 5.42. The summed E-state index contributed by atoms with van der Waals surface area (Å²) < 4.78 is 0. The lowest BCUT2D eigenvalue weighted by Gasteiger charge is -2.09. The van der Waals surface area contributed by atoms with Crippen molar-refractivity contribution in [2.45, 2.75) is 26.3 Å². The van der Waals surface area contributed by atoms with Gasteiger partial charge >= 0.3 is 0 Å². The Morgan fingerprint density at radius 2 is 1.90 bits per heavy atom. The van der Waals surface area contributed by atoms with Crippen molar-refractivity contribution in [2.75, 3.05) is 5.32 Å². The van der Waals surface area contributed by atoms with Crippen LogP contribution in [0.15, 0.2) is 48.7 Å². The van der Waals surface area contributed by atoms with Crippen LogP contribution in [0.1, 0.15) is 30.9 Å². The molecule has 2 N–H and O–H groups in total. The number of aromatic nitrogens is 2. The highest BCUT2D eigenvalue weighted by molar-refractivity contribution is 5.81. The van der Waals surface area contributed by atoms with E-state index in [4.69, 9.17) is 0 Å². The zero-order valence-electron chi connectivity index (χ0n) is 11.9. The Kier molecular flexibility index (Phi) is 3.42. The van der Waals surface area contributed by atoms with Gasteiger partial charge in [-0.05, 0) is 35.2 Å². The maximum absolute atomic E-state index is 4.03. The Morgan fingerprint density at radius 3 is 2.65 bits per heavy atom. The topological polar surface area (TPSA) is 40.7 Å². The van der Waals surface area contributed by atoms with Crippen molar-refractivity contribution < 1.29 is 0 Å². The molecule has 2 aromatic carbocycles. The maximum Gasteiger partial charge on any atom is 0.0651 e. The number of rotatable bonds is 4. The van der Waals surface area contributed by atoms with Crippen LogP contribution in [0.3, 0.4) is 0 Å². The Morgan fingerprint density at radius 1 is 1.10 bits per heavy atom. The first-order chi connectivity index (χ1) is 9.72. The zero-order valence-corrected chi connectivity index (χ0v) is 11.9. The molecule has 0 atom stereocenters. The second kappa shape index (κ2) is 5.37. The summed E-state index contributed by atoms with van der Waals surface area (Å²) in [4.78, 5) is 0. The first kappa shape index (κ1) is 12.7. The Hall–Kier alpha value is -2.29. The molecular weight excluding hydrogens is 246 g/mol. The third-order valence-electron chi connectivity index (χ3n) is 3.58. The minimum atomic E-state index is 0.584. The summed E-state index contributed by atoms with van der Waals surface area (Å²) in [6.45, 7) is 5.27. The van der Waals surface area contributed by atoms with E-state index in [2.05, 4.69) is 65.8 Å². The Balaban J connectivity index is 1.69. The van der Waals surface area contributed by atoms with E-state index in [1.165, 1.54) is 11.1 Å². The molecule has 0 bridgehead atoms. The fourth-order valence-corrected chi connectivity index (χ4v) is 2.28. The van der Waals surface area contributed by atoms with E-state index in [0.29, 0.717) is 5.92 Å². The summed E-state index contributed by atoms with van der Waals surface area (Å²) in [5.74, 6) is 0.584. The van der Waals surface area contributed by atoms with Gasteiger partial charge < -0.3 is 5.32 Å². The van der Waals surface area contributed by atoms with Gasteiger partial charge in [0, 0.05) is 17.6 Å². The van der Waals surface area contributed by atoms with Gasteiger partial charge in [-0.2, -0.15) is 5.10 Å². The lowest BCUT2D eigenvalue weighted by Crippen LogP contribution is -1.99. The van der Waals surface area contributed by atoms with Gasteiger partial charge in [-0.3, -0.25) is 5.10 Å². The summed E-state index contributed by atoms with van der Waals surface area (Å²) in [7, 11) is 0. The van der Waals surface area contributed by atoms with E-state index in [0.717, 1.165) is 23.1 Å². The molecule has 0 spiro atoms. The monoisotopic (exact) mass is 265 g/mol. The average molecular weight is 265 g/mol. The van der Waals surface area contributed by atoms with E-state index in [1.807, 2.05) is 12.3 Å². The van der Waals surface area contributed by atoms with Crippen molar-refractivity contribution in [3.05, 3.63) is 59.8 Å². The van der Waals surface area contributed by atoms with Crippen molar-refractivity contribution >= 4 is 16.6 Å². The van der Waals surface area contributed by atoms with Crippen LogP contribution >= 0.6 is 0 Å². The van der Waals surface area contributed by atoms with Gasteiger partial charge in [0.2, 0.25) is 0 Å². The van der Waals surface area contributed by atoms with Crippen LogP contribution in [0.4, 0.5) is 5.69 Å². The molecule has 0 aliphatic carbocycles. The quantitative estimate of drug-likeness (QED) is 0.738. The van der Waals surface area contributed by atoms with Gasteiger partial charge in [-0.1, -0.05) is 38.1 Å². The number of aromatic amines is 1. The molecule has 0 amide bonds. The summed E-state index contributed by atoms with van der Waals surface area (Å²) in [6, 6.07) is 15.0. The molecular formula is C17H19N3. The molecule has 3 aromatic rings. The Bertz CT molecular complexity index is 696. The number of benzene rings is 2. The van der Waals surface area contributed by atoms with E-state index in [1.54, 1.807) is 0 Å². The maximum atomic E-state index is 4.03. The van der Waals surface area contributed by atoms with Crippen LogP contribution in [0.25, 0.3) is 10.9 Å². The zero-order chi connectivity index (χ0) is 13.9. The SMILES string of the molecule is CC(C)c1ccc(CNc2ccc3[nH]ncc3c2)cc1. The summed E-state index contributed by atoms with van der Waals surface area (Å²) in [6.07, 6.45) is 1.85. The number of fused-ring (bicyclic) bond motifs is 1. The average Bonchev–Trinajstić information content (AvgIpc) is 2.93. The fourth-order valence-electron chi connectivity index (χ4n) is 2.28. The standard InChI is InChI=1S/C17H19N3/c1-12(2)14-5-3-13(4-6-14)10-18-16-7-8-17-15(9-16)11-19-20-17/h3-9,11-12,18H,10H2,1-2H3,(H,19,20). The minimum absolute atomic E-state index is 0.584. The molecule has 3 nitrogen and oxygen atoms in total.